The van der Waals surface area contributed by atoms with Gasteiger partial charge in [0.2, 0.25) is 23.7 Å². The molecule has 14 nitrogen and oxygen atoms in total. The molecule has 2 amide bonds. The van der Waals surface area contributed by atoms with Gasteiger partial charge in [-0.25, -0.2) is 15.0 Å². The second kappa shape index (κ2) is 23.3. The number of aromatic nitrogens is 4. The molecule has 336 valence electrons. The molecular weight excluding hydrogens is 781 g/mol. The first-order chi connectivity index (χ1) is 29.7. The fourth-order valence-electron chi connectivity index (χ4n) is 7.82. The van der Waals surface area contributed by atoms with Crippen molar-refractivity contribution in [3.05, 3.63) is 76.7 Å². The van der Waals surface area contributed by atoms with E-state index < -0.39 is 0 Å². The van der Waals surface area contributed by atoms with E-state index in [9.17, 15) is 9.59 Å². The third-order valence-electron chi connectivity index (χ3n) is 11.4. The summed E-state index contributed by atoms with van der Waals surface area (Å²) in [6.45, 7) is 26.9. The zero-order valence-electron chi connectivity index (χ0n) is 38.7. The number of anilines is 7. The number of morpholine rings is 1. The Kier molecular flexibility index (Phi) is 18.0. The maximum Gasteiger partial charge on any atom is 0.229 e. The summed E-state index contributed by atoms with van der Waals surface area (Å²) in [6.07, 6.45) is 8.87. The molecule has 0 saturated carbocycles. The maximum absolute atomic E-state index is 11.5. The third-order valence-corrected chi connectivity index (χ3v) is 11.4. The van der Waals surface area contributed by atoms with Crippen molar-refractivity contribution in [2.75, 3.05) is 65.7 Å². The van der Waals surface area contributed by atoms with Crippen molar-refractivity contribution in [2.45, 2.75) is 126 Å². The largest absolute Gasteiger partial charge is 0.381 e. The molecule has 0 unspecified atom stereocenters. The van der Waals surface area contributed by atoms with Gasteiger partial charge in [-0.3, -0.25) is 14.5 Å². The van der Waals surface area contributed by atoms with Crippen LogP contribution in [0, 0.1) is 26.7 Å². The van der Waals surface area contributed by atoms with Gasteiger partial charge in [-0.2, -0.15) is 4.98 Å². The second-order valence-corrected chi connectivity index (χ2v) is 17.2. The summed E-state index contributed by atoms with van der Waals surface area (Å²) in [5.41, 5.74) is 9.00. The quantitative estimate of drug-likeness (QED) is 0.134. The number of nitrogens with zero attached hydrogens (tertiary/aromatic N) is 6. The summed E-state index contributed by atoms with van der Waals surface area (Å²) in [7, 11) is 0. The molecule has 2 saturated heterocycles. The van der Waals surface area contributed by atoms with Crippen LogP contribution in [0.5, 0.6) is 0 Å². The molecule has 2 fully saturated rings. The number of aryl methyl sites for hydroxylation is 5. The van der Waals surface area contributed by atoms with Crippen LogP contribution in [-0.2, 0) is 31.9 Å². The molecule has 4 aliphatic rings. The molecule has 0 bridgehead atoms. The van der Waals surface area contributed by atoms with Crippen molar-refractivity contribution >= 4 is 52.3 Å². The molecule has 4 aromatic rings. The van der Waals surface area contributed by atoms with E-state index in [0.29, 0.717) is 50.0 Å². The number of carbonyl (C=O) groups excluding carboxylic acids is 2. The van der Waals surface area contributed by atoms with Gasteiger partial charge in [-0.05, 0) is 147 Å². The zero-order valence-corrected chi connectivity index (χ0v) is 38.7. The van der Waals surface area contributed by atoms with Crippen LogP contribution in [0.15, 0.2) is 48.8 Å². The fraction of sp³-hybridized carbons (Fsp3) is 0.542. The number of ether oxygens (including phenoxy) is 2. The van der Waals surface area contributed by atoms with Gasteiger partial charge in [-0.15, -0.1) is 0 Å². The first kappa shape index (κ1) is 47.9. The molecule has 0 radical (unpaired) electrons. The van der Waals surface area contributed by atoms with Crippen LogP contribution in [0.1, 0.15) is 102 Å². The molecule has 0 spiro atoms. The molecule has 0 aliphatic carbocycles. The Labute approximate surface area is 369 Å². The van der Waals surface area contributed by atoms with E-state index in [1.165, 1.54) is 12.8 Å². The molecular formula is C48H70N10O4. The van der Waals surface area contributed by atoms with Crippen molar-refractivity contribution in [1.29, 1.82) is 0 Å². The second-order valence-electron chi connectivity index (χ2n) is 17.2. The average molecular weight is 851 g/mol. The van der Waals surface area contributed by atoms with Crippen LogP contribution in [0.4, 0.5) is 40.5 Å². The molecule has 4 aliphatic heterocycles. The molecule has 62 heavy (non-hydrogen) atoms. The van der Waals surface area contributed by atoms with Crippen LogP contribution in [0.2, 0.25) is 0 Å². The SMILES string of the molecule is CCN(C(C)C)C(C)C.C[C@H]1CCCOC1.Cc1cnc(Nc2ccc3c(c2)CCC(=O)N3)nc1C.Cc1cnc(Nc2ccc3c(c2)CCC(=O)N3)nc1N1CCOC[C@H]1C. The summed E-state index contributed by atoms with van der Waals surface area (Å²) in [6, 6.07) is 13.4. The highest BCUT2D eigenvalue weighted by Crippen LogP contribution is 2.29. The van der Waals surface area contributed by atoms with Crippen molar-refractivity contribution in [3.63, 3.8) is 0 Å². The van der Waals surface area contributed by atoms with Crippen LogP contribution in [-0.4, -0.2) is 94.3 Å². The number of nitrogens with one attached hydrogen (secondary N) is 4. The van der Waals surface area contributed by atoms with Crippen molar-refractivity contribution < 1.29 is 19.1 Å². The minimum Gasteiger partial charge on any atom is -0.381 e. The Bertz CT molecular complexity index is 2080. The molecule has 2 aromatic carbocycles. The summed E-state index contributed by atoms with van der Waals surface area (Å²) in [5.74, 6) is 3.08. The molecule has 14 heteroatoms. The van der Waals surface area contributed by atoms with E-state index >= 15 is 0 Å². The van der Waals surface area contributed by atoms with Crippen molar-refractivity contribution in [1.82, 2.24) is 24.8 Å². The lowest BCUT2D eigenvalue weighted by Gasteiger charge is -2.35. The average Bonchev–Trinajstić information content (AvgIpc) is 3.24. The zero-order chi connectivity index (χ0) is 44.8. The first-order valence-electron chi connectivity index (χ1n) is 22.4. The van der Waals surface area contributed by atoms with Gasteiger partial charge >= 0.3 is 0 Å². The Balaban J connectivity index is 0.000000177. The van der Waals surface area contributed by atoms with E-state index in [4.69, 9.17) is 14.5 Å². The maximum atomic E-state index is 11.5. The normalized spacial score (nSPS) is 18.1. The summed E-state index contributed by atoms with van der Waals surface area (Å²) < 4.78 is 10.7. The summed E-state index contributed by atoms with van der Waals surface area (Å²) in [4.78, 5) is 45.4. The minimum atomic E-state index is 0.0735. The van der Waals surface area contributed by atoms with Gasteiger partial charge in [-0.1, -0.05) is 13.8 Å². The Morgan fingerprint density at radius 2 is 1.31 bits per heavy atom. The van der Waals surface area contributed by atoms with Gasteiger partial charge in [0, 0.05) is 91.1 Å². The Morgan fingerprint density at radius 1 is 0.758 bits per heavy atom. The highest BCUT2D eigenvalue weighted by Gasteiger charge is 2.23. The molecule has 2 atom stereocenters. The van der Waals surface area contributed by atoms with E-state index in [1.54, 1.807) is 0 Å². The molecule has 6 heterocycles. The van der Waals surface area contributed by atoms with Crippen molar-refractivity contribution in [2.24, 2.45) is 5.92 Å². The van der Waals surface area contributed by atoms with E-state index in [1.807, 2.05) is 63.5 Å². The first-order valence-corrected chi connectivity index (χ1v) is 22.4. The Morgan fingerprint density at radius 3 is 1.76 bits per heavy atom. The topological polar surface area (TPSA) is 159 Å². The molecule has 2 aromatic heterocycles. The number of fused-ring (bicyclic) bond motifs is 2. The van der Waals surface area contributed by atoms with Crippen LogP contribution in [0.25, 0.3) is 0 Å². The molecule has 8 rings (SSSR count). The Hall–Kier alpha value is -5.18. The lowest BCUT2D eigenvalue weighted by Crippen LogP contribution is -2.44. The van der Waals surface area contributed by atoms with Crippen molar-refractivity contribution in [3.8, 4) is 0 Å². The number of benzene rings is 2. The monoisotopic (exact) mass is 851 g/mol. The van der Waals surface area contributed by atoms with E-state index in [-0.39, 0.29) is 17.9 Å². The predicted octanol–water partition coefficient (Wildman–Crippen LogP) is 8.92. The smallest absolute Gasteiger partial charge is 0.229 e. The van der Waals surface area contributed by atoms with E-state index in [2.05, 4.69) is 101 Å². The lowest BCUT2D eigenvalue weighted by atomic mass is 10.0. The van der Waals surface area contributed by atoms with Gasteiger partial charge < -0.3 is 35.6 Å². The standard InChI is InChI=1S/C19H23N5O2.C15H16N4O.C8H19N.C6H12O/c1-12-10-20-19(23-18(12)24-7-8-26-11-13(24)2)21-15-4-5-16-14(9-15)3-6-17(25)22-16;1-9-8-16-15(17-10(9)2)18-12-4-5-13-11(7-12)3-6-14(20)19-13;1-6-9(7(2)3)8(4)5;1-6-3-2-4-7-5-6/h4-5,9-10,13H,3,6-8,11H2,1-2H3,(H,22,25)(H,20,21,23);4-5,7-8H,3,6H2,1-2H3,(H,19,20)(H,16,17,18);7-8H,6H2,1-5H3;6H,2-5H2,1H3/t13-;;;6-/m1..0/s1. The summed E-state index contributed by atoms with van der Waals surface area (Å²) in [5, 5.41) is 12.3. The van der Waals surface area contributed by atoms with Crippen LogP contribution < -0.4 is 26.2 Å². The highest BCUT2D eigenvalue weighted by molar-refractivity contribution is 5.95. The lowest BCUT2D eigenvalue weighted by molar-refractivity contribution is -0.117. The number of amides is 2. The van der Waals surface area contributed by atoms with Gasteiger partial charge in [0.15, 0.2) is 0 Å². The number of carbonyl (C=O) groups is 2. The van der Waals surface area contributed by atoms with Gasteiger partial charge in [0.1, 0.15) is 5.82 Å². The predicted molar refractivity (Wildman–Crippen MR) is 251 cm³/mol. The van der Waals surface area contributed by atoms with Gasteiger partial charge in [0.05, 0.1) is 19.3 Å². The summed E-state index contributed by atoms with van der Waals surface area (Å²) >= 11 is 0. The van der Waals surface area contributed by atoms with Gasteiger partial charge in [0.25, 0.3) is 0 Å². The molecule has 4 N–H and O–H groups in total. The van der Waals surface area contributed by atoms with E-state index in [0.717, 1.165) is 102 Å². The third kappa shape index (κ3) is 14.2. The highest BCUT2D eigenvalue weighted by atomic mass is 16.5. The van der Waals surface area contributed by atoms with Crippen LogP contribution in [0.3, 0.4) is 0 Å². The minimum absolute atomic E-state index is 0.0735. The number of hydrogen-bond donors (Lipinski definition) is 4. The number of rotatable bonds is 8. The fourth-order valence-corrected chi connectivity index (χ4v) is 7.82. The van der Waals surface area contributed by atoms with Crippen LogP contribution >= 0.6 is 0 Å². The number of hydrogen-bond acceptors (Lipinski definition) is 12.